The Balaban J connectivity index is -0.000000143. The molecule has 13 heavy (non-hydrogen) atoms. The van der Waals surface area contributed by atoms with E-state index in [4.69, 9.17) is 19.6 Å². The SMILES string of the molecule is CCP(=O)(O)O.CCP(=O)(O)O.[Co]. The minimum absolute atomic E-state index is 0. The molecular formula is C4H14CoO6P2. The van der Waals surface area contributed by atoms with E-state index in [1.54, 1.807) is 0 Å². The summed E-state index contributed by atoms with van der Waals surface area (Å²) < 4.78 is 19.4. The van der Waals surface area contributed by atoms with Crippen LogP contribution in [0.4, 0.5) is 0 Å². The van der Waals surface area contributed by atoms with Gasteiger partial charge in [-0.3, -0.25) is 9.13 Å². The molecule has 0 spiro atoms. The second kappa shape index (κ2) is 8.14. The predicted octanol–water partition coefficient (Wildman–Crippen LogP) is 0.365. The molecule has 0 aromatic heterocycles. The topological polar surface area (TPSA) is 115 Å². The van der Waals surface area contributed by atoms with Crippen molar-refractivity contribution in [2.75, 3.05) is 12.3 Å². The van der Waals surface area contributed by atoms with Crippen molar-refractivity contribution in [3.63, 3.8) is 0 Å². The van der Waals surface area contributed by atoms with Crippen LogP contribution in [0.15, 0.2) is 0 Å². The van der Waals surface area contributed by atoms with E-state index in [2.05, 4.69) is 0 Å². The van der Waals surface area contributed by atoms with Crippen molar-refractivity contribution >= 4 is 15.2 Å². The molecule has 0 rings (SSSR count). The van der Waals surface area contributed by atoms with E-state index in [1.807, 2.05) is 0 Å². The Morgan fingerprint density at radius 3 is 0.923 bits per heavy atom. The summed E-state index contributed by atoms with van der Waals surface area (Å²) in [5.41, 5.74) is 0. The van der Waals surface area contributed by atoms with Gasteiger partial charge < -0.3 is 19.6 Å². The van der Waals surface area contributed by atoms with Gasteiger partial charge in [-0.25, -0.2) is 0 Å². The molecule has 0 fully saturated rings. The number of hydrogen-bond donors (Lipinski definition) is 4. The fourth-order valence-corrected chi connectivity index (χ4v) is 0. The summed E-state index contributed by atoms with van der Waals surface area (Å²) in [6.45, 7) is 2.89. The number of rotatable bonds is 2. The maximum absolute atomic E-state index is 9.69. The Kier molecular flexibility index (Phi) is 12.1. The fraction of sp³-hybridized carbons (Fsp3) is 1.00. The Morgan fingerprint density at radius 1 is 0.846 bits per heavy atom. The molecule has 0 unspecified atom stereocenters. The van der Waals surface area contributed by atoms with Crippen LogP contribution >= 0.6 is 15.2 Å². The normalized spacial score (nSPS) is 10.9. The monoisotopic (exact) mass is 279 g/mol. The molecule has 0 bridgehead atoms. The molecular weight excluding hydrogens is 265 g/mol. The van der Waals surface area contributed by atoms with Crippen molar-refractivity contribution in [1.82, 2.24) is 0 Å². The van der Waals surface area contributed by atoms with Crippen LogP contribution in [-0.4, -0.2) is 31.9 Å². The summed E-state index contributed by atoms with van der Waals surface area (Å²) in [4.78, 5) is 31.8. The smallest absolute Gasteiger partial charge is 0.324 e. The molecule has 0 aliphatic carbocycles. The van der Waals surface area contributed by atoms with Crippen LogP contribution in [0.25, 0.3) is 0 Å². The second-order valence-corrected chi connectivity index (χ2v) is 5.89. The molecule has 0 aromatic carbocycles. The maximum Gasteiger partial charge on any atom is 0.325 e. The van der Waals surface area contributed by atoms with Gasteiger partial charge >= 0.3 is 15.2 Å². The molecule has 0 atom stereocenters. The Labute approximate surface area is 87.3 Å². The molecule has 4 N–H and O–H groups in total. The van der Waals surface area contributed by atoms with Crippen molar-refractivity contribution in [3.8, 4) is 0 Å². The van der Waals surface area contributed by atoms with Gasteiger partial charge in [-0.05, 0) is 0 Å². The first-order valence-corrected chi connectivity index (χ1v) is 6.81. The molecule has 0 aliphatic heterocycles. The average Bonchev–Trinajstić information content (AvgIpc) is 1.86. The van der Waals surface area contributed by atoms with E-state index in [0.717, 1.165) is 0 Å². The summed E-state index contributed by atoms with van der Waals surface area (Å²) in [5, 5.41) is 0. The van der Waals surface area contributed by atoms with Crippen LogP contribution in [0.2, 0.25) is 0 Å². The first-order chi connectivity index (χ1) is 5.12. The minimum Gasteiger partial charge on any atom is -0.324 e. The van der Waals surface area contributed by atoms with Crippen molar-refractivity contribution < 1.29 is 45.5 Å². The number of hydrogen-bond acceptors (Lipinski definition) is 2. The first kappa shape index (κ1) is 19.4. The van der Waals surface area contributed by atoms with Gasteiger partial charge in [-0.1, -0.05) is 13.8 Å². The van der Waals surface area contributed by atoms with Crippen molar-refractivity contribution in [3.05, 3.63) is 0 Å². The van der Waals surface area contributed by atoms with Gasteiger partial charge in [0.05, 0.1) is 0 Å². The zero-order valence-corrected chi connectivity index (χ0v) is 10.1. The van der Waals surface area contributed by atoms with E-state index < -0.39 is 15.2 Å². The second-order valence-electron chi connectivity index (χ2n) is 1.96. The third kappa shape index (κ3) is 32.3. The fourth-order valence-electron chi connectivity index (χ4n) is 0. The third-order valence-electron chi connectivity index (χ3n) is 0.824. The average molecular weight is 279 g/mol. The van der Waals surface area contributed by atoms with Crippen LogP contribution in [-0.2, 0) is 25.9 Å². The van der Waals surface area contributed by atoms with Gasteiger partial charge in [-0.15, -0.1) is 0 Å². The van der Waals surface area contributed by atoms with E-state index in [-0.39, 0.29) is 29.1 Å². The molecule has 0 amide bonds. The maximum atomic E-state index is 9.69. The molecule has 0 aliphatic rings. The quantitative estimate of drug-likeness (QED) is 0.543. The van der Waals surface area contributed by atoms with Crippen LogP contribution in [0.3, 0.4) is 0 Å². The Morgan fingerprint density at radius 2 is 0.923 bits per heavy atom. The predicted molar refractivity (Wildman–Crippen MR) is 45.2 cm³/mol. The van der Waals surface area contributed by atoms with E-state index in [1.165, 1.54) is 13.8 Å². The molecule has 85 valence electrons. The zero-order chi connectivity index (χ0) is 10.4. The zero-order valence-electron chi connectivity index (χ0n) is 7.25. The van der Waals surface area contributed by atoms with Crippen molar-refractivity contribution in [2.45, 2.75) is 13.8 Å². The van der Waals surface area contributed by atoms with Gasteiger partial charge in [0, 0.05) is 29.1 Å². The van der Waals surface area contributed by atoms with Crippen molar-refractivity contribution in [1.29, 1.82) is 0 Å². The molecule has 9 heteroatoms. The van der Waals surface area contributed by atoms with Crippen LogP contribution in [0.5, 0.6) is 0 Å². The molecule has 0 saturated heterocycles. The Bertz CT molecular complexity index is 173. The first-order valence-electron chi connectivity index (χ1n) is 3.21. The molecule has 6 nitrogen and oxygen atoms in total. The summed E-state index contributed by atoms with van der Waals surface area (Å²) in [7, 11) is -7.29. The molecule has 0 saturated carbocycles. The molecule has 0 aromatic rings. The third-order valence-corrected chi connectivity index (χ3v) is 2.47. The van der Waals surface area contributed by atoms with Gasteiger partial charge in [-0.2, -0.15) is 0 Å². The van der Waals surface area contributed by atoms with Crippen LogP contribution < -0.4 is 0 Å². The van der Waals surface area contributed by atoms with E-state index in [0.29, 0.717) is 0 Å². The van der Waals surface area contributed by atoms with Gasteiger partial charge in [0.25, 0.3) is 0 Å². The largest absolute Gasteiger partial charge is 0.325 e. The summed E-state index contributed by atoms with van der Waals surface area (Å²) >= 11 is 0. The van der Waals surface area contributed by atoms with E-state index in [9.17, 15) is 9.13 Å². The van der Waals surface area contributed by atoms with E-state index >= 15 is 0 Å². The Hall–Kier alpha value is 0.806. The van der Waals surface area contributed by atoms with Gasteiger partial charge in [0.15, 0.2) is 0 Å². The van der Waals surface area contributed by atoms with Gasteiger partial charge in [0.1, 0.15) is 0 Å². The molecule has 1 radical (unpaired) electrons. The van der Waals surface area contributed by atoms with Crippen LogP contribution in [0.1, 0.15) is 13.8 Å². The van der Waals surface area contributed by atoms with Crippen molar-refractivity contribution in [2.24, 2.45) is 0 Å². The summed E-state index contributed by atoms with van der Waals surface area (Å²) in [5.74, 6) is 0. The standard InChI is InChI=1S/2C2H7O3P.Co/c2*1-2-6(3,4)5;/h2*2H2,1H3,(H2,3,4,5);. The van der Waals surface area contributed by atoms with Crippen LogP contribution in [0, 0.1) is 0 Å². The summed E-state index contributed by atoms with van der Waals surface area (Å²) in [6.07, 6.45) is -0.125. The minimum atomic E-state index is -3.65. The van der Waals surface area contributed by atoms with Gasteiger partial charge in [0.2, 0.25) is 0 Å². The summed E-state index contributed by atoms with van der Waals surface area (Å²) in [6, 6.07) is 0. The molecule has 0 heterocycles.